The van der Waals surface area contributed by atoms with Crippen LogP contribution >= 0.6 is 0 Å². The first-order chi connectivity index (χ1) is 12.7. The molecule has 130 valence electrons. The van der Waals surface area contributed by atoms with Crippen molar-refractivity contribution < 1.29 is 14.3 Å². The fourth-order valence-corrected chi connectivity index (χ4v) is 2.17. The zero-order valence-electron chi connectivity index (χ0n) is 14.0. The summed E-state index contributed by atoms with van der Waals surface area (Å²) >= 11 is 0. The van der Waals surface area contributed by atoms with Gasteiger partial charge in [-0.25, -0.2) is 14.8 Å². The largest absolute Gasteiger partial charge is 0.465 e. The van der Waals surface area contributed by atoms with E-state index in [-0.39, 0.29) is 5.91 Å². The second-order valence-electron chi connectivity index (χ2n) is 5.31. The number of anilines is 3. The normalized spacial score (nSPS) is 10.0. The number of amides is 1. The van der Waals surface area contributed by atoms with E-state index in [4.69, 9.17) is 0 Å². The molecule has 0 saturated heterocycles. The molecule has 7 heteroatoms. The summed E-state index contributed by atoms with van der Waals surface area (Å²) < 4.78 is 4.63. The molecule has 0 unspecified atom stereocenters. The number of hydrogen-bond donors (Lipinski definition) is 2. The number of nitrogens with zero attached hydrogens (tertiary/aromatic N) is 2. The third-order valence-corrected chi connectivity index (χ3v) is 3.51. The minimum atomic E-state index is -0.433. The number of rotatable bonds is 5. The van der Waals surface area contributed by atoms with Crippen molar-refractivity contribution in [1.29, 1.82) is 0 Å². The molecule has 1 heterocycles. The van der Waals surface area contributed by atoms with Crippen LogP contribution in [0, 0.1) is 0 Å². The smallest absolute Gasteiger partial charge is 0.337 e. The van der Waals surface area contributed by atoms with Crippen LogP contribution < -0.4 is 10.6 Å². The SMILES string of the molecule is COC(=O)c1ccc(NC(=O)c2cnc(Nc3ccccc3)nc2)cc1. The molecular formula is C19H16N4O3. The van der Waals surface area contributed by atoms with Gasteiger partial charge in [-0.05, 0) is 36.4 Å². The monoisotopic (exact) mass is 348 g/mol. The molecule has 3 rings (SSSR count). The Balaban J connectivity index is 1.63. The molecule has 7 nitrogen and oxygen atoms in total. The van der Waals surface area contributed by atoms with Crippen molar-refractivity contribution in [3.63, 3.8) is 0 Å². The molecular weight excluding hydrogens is 332 g/mol. The highest BCUT2D eigenvalue weighted by Crippen LogP contribution is 2.14. The van der Waals surface area contributed by atoms with Crippen LogP contribution in [0.25, 0.3) is 0 Å². The summed E-state index contributed by atoms with van der Waals surface area (Å²) in [5.74, 6) is -0.380. The van der Waals surface area contributed by atoms with Crippen LogP contribution in [0.2, 0.25) is 0 Å². The van der Waals surface area contributed by atoms with Gasteiger partial charge in [-0.15, -0.1) is 0 Å². The lowest BCUT2D eigenvalue weighted by Gasteiger charge is -2.07. The summed E-state index contributed by atoms with van der Waals surface area (Å²) in [5.41, 5.74) is 2.13. The Kier molecular flexibility index (Phi) is 5.19. The summed E-state index contributed by atoms with van der Waals surface area (Å²) in [6, 6.07) is 15.9. The second-order valence-corrected chi connectivity index (χ2v) is 5.31. The maximum atomic E-state index is 12.3. The van der Waals surface area contributed by atoms with Gasteiger partial charge in [0.2, 0.25) is 5.95 Å². The Labute approximate surface area is 150 Å². The molecule has 0 bridgehead atoms. The van der Waals surface area contributed by atoms with Gasteiger partial charge in [0.25, 0.3) is 5.91 Å². The molecule has 0 atom stereocenters. The molecule has 1 amide bonds. The predicted octanol–water partition coefficient (Wildman–Crippen LogP) is 3.26. The Morgan fingerprint density at radius 3 is 2.12 bits per heavy atom. The van der Waals surface area contributed by atoms with Crippen LogP contribution in [0.3, 0.4) is 0 Å². The first-order valence-corrected chi connectivity index (χ1v) is 7.79. The summed E-state index contributed by atoms with van der Waals surface area (Å²) in [5, 5.41) is 5.76. The number of carbonyl (C=O) groups excluding carboxylic acids is 2. The minimum absolute atomic E-state index is 0.320. The molecule has 2 N–H and O–H groups in total. The van der Waals surface area contributed by atoms with Crippen LogP contribution in [-0.4, -0.2) is 29.0 Å². The first-order valence-electron chi connectivity index (χ1n) is 7.79. The topological polar surface area (TPSA) is 93.2 Å². The second kappa shape index (κ2) is 7.89. The zero-order valence-corrected chi connectivity index (χ0v) is 14.0. The number of methoxy groups -OCH3 is 1. The molecule has 3 aromatic rings. The van der Waals surface area contributed by atoms with Gasteiger partial charge < -0.3 is 15.4 Å². The number of benzene rings is 2. The standard InChI is InChI=1S/C19H16N4O3/c1-26-18(25)13-7-9-16(10-8-13)22-17(24)14-11-20-19(21-12-14)23-15-5-3-2-4-6-15/h2-12H,1H3,(H,22,24)(H,20,21,23). The molecule has 0 saturated carbocycles. The fourth-order valence-electron chi connectivity index (χ4n) is 2.17. The van der Waals surface area contributed by atoms with Crippen molar-refractivity contribution in [1.82, 2.24) is 9.97 Å². The Hall–Kier alpha value is -3.74. The Morgan fingerprint density at radius 2 is 1.50 bits per heavy atom. The molecule has 26 heavy (non-hydrogen) atoms. The maximum Gasteiger partial charge on any atom is 0.337 e. The van der Waals surface area contributed by atoms with E-state index < -0.39 is 5.97 Å². The van der Waals surface area contributed by atoms with E-state index in [9.17, 15) is 9.59 Å². The van der Waals surface area contributed by atoms with Gasteiger partial charge >= 0.3 is 5.97 Å². The molecule has 0 radical (unpaired) electrons. The third kappa shape index (κ3) is 4.21. The van der Waals surface area contributed by atoms with E-state index in [1.807, 2.05) is 30.3 Å². The molecule has 0 fully saturated rings. The minimum Gasteiger partial charge on any atom is -0.465 e. The number of ether oxygens (including phenoxy) is 1. The number of para-hydroxylation sites is 1. The Bertz CT molecular complexity index is 894. The molecule has 0 aliphatic carbocycles. The molecule has 0 aliphatic rings. The van der Waals surface area contributed by atoms with Crippen molar-refractivity contribution in [3.05, 3.63) is 78.1 Å². The average Bonchev–Trinajstić information content (AvgIpc) is 2.69. The zero-order chi connectivity index (χ0) is 18.4. The number of esters is 1. The van der Waals surface area contributed by atoms with Crippen molar-refractivity contribution >= 4 is 29.2 Å². The summed E-state index contributed by atoms with van der Waals surface area (Å²) in [7, 11) is 1.31. The lowest BCUT2D eigenvalue weighted by Crippen LogP contribution is -2.13. The third-order valence-electron chi connectivity index (χ3n) is 3.51. The lowest BCUT2D eigenvalue weighted by atomic mass is 10.2. The number of hydrogen-bond acceptors (Lipinski definition) is 6. The number of nitrogens with one attached hydrogen (secondary N) is 2. The molecule has 2 aromatic carbocycles. The highest BCUT2D eigenvalue weighted by molar-refractivity contribution is 6.04. The van der Waals surface area contributed by atoms with Crippen molar-refractivity contribution in [2.45, 2.75) is 0 Å². The quantitative estimate of drug-likeness (QED) is 0.688. The summed E-state index contributed by atoms with van der Waals surface area (Å²) in [6.07, 6.45) is 2.88. The fraction of sp³-hybridized carbons (Fsp3) is 0.0526. The predicted molar refractivity (Wildman–Crippen MR) is 97.5 cm³/mol. The summed E-state index contributed by atoms with van der Waals surface area (Å²) in [6.45, 7) is 0. The lowest BCUT2D eigenvalue weighted by molar-refractivity contribution is 0.0600. The molecule has 0 spiro atoms. The first kappa shape index (κ1) is 17.1. The van der Waals surface area contributed by atoms with E-state index in [0.29, 0.717) is 22.8 Å². The van der Waals surface area contributed by atoms with Crippen LogP contribution in [0.5, 0.6) is 0 Å². The van der Waals surface area contributed by atoms with Crippen LogP contribution in [-0.2, 0) is 4.74 Å². The van der Waals surface area contributed by atoms with Gasteiger partial charge in [0.15, 0.2) is 0 Å². The van der Waals surface area contributed by atoms with Gasteiger partial charge in [-0.2, -0.15) is 0 Å². The number of aromatic nitrogens is 2. The van der Waals surface area contributed by atoms with E-state index in [1.54, 1.807) is 24.3 Å². The van der Waals surface area contributed by atoms with Gasteiger partial charge in [0.1, 0.15) is 0 Å². The van der Waals surface area contributed by atoms with Crippen molar-refractivity contribution in [3.8, 4) is 0 Å². The van der Waals surface area contributed by atoms with Crippen LogP contribution in [0.15, 0.2) is 67.0 Å². The highest BCUT2D eigenvalue weighted by atomic mass is 16.5. The van der Waals surface area contributed by atoms with Gasteiger partial charge in [-0.3, -0.25) is 4.79 Å². The highest BCUT2D eigenvalue weighted by Gasteiger charge is 2.09. The molecule has 1 aromatic heterocycles. The average molecular weight is 348 g/mol. The van der Waals surface area contributed by atoms with Crippen molar-refractivity contribution in [2.75, 3.05) is 17.7 Å². The van der Waals surface area contributed by atoms with Crippen molar-refractivity contribution in [2.24, 2.45) is 0 Å². The van der Waals surface area contributed by atoms with Gasteiger partial charge in [0, 0.05) is 23.8 Å². The maximum absolute atomic E-state index is 12.3. The van der Waals surface area contributed by atoms with Crippen LogP contribution in [0.4, 0.5) is 17.3 Å². The Morgan fingerprint density at radius 1 is 0.846 bits per heavy atom. The van der Waals surface area contributed by atoms with E-state index in [2.05, 4.69) is 25.3 Å². The number of carbonyl (C=O) groups is 2. The molecule has 0 aliphatic heterocycles. The van der Waals surface area contributed by atoms with E-state index >= 15 is 0 Å². The van der Waals surface area contributed by atoms with Gasteiger partial charge in [-0.1, -0.05) is 18.2 Å². The summed E-state index contributed by atoms with van der Waals surface area (Å²) in [4.78, 5) is 31.9. The van der Waals surface area contributed by atoms with E-state index in [0.717, 1.165) is 5.69 Å². The van der Waals surface area contributed by atoms with Crippen LogP contribution in [0.1, 0.15) is 20.7 Å². The van der Waals surface area contributed by atoms with Gasteiger partial charge in [0.05, 0.1) is 18.2 Å². The van der Waals surface area contributed by atoms with E-state index in [1.165, 1.54) is 19.5 Å².